The molecule has 0 aromatic heterocycles. The predicted octanol–water partition coefficient (Wildman–Crippen LogP) is 7.32. The van der Waals surface area contributed by atoms with Crippen LogP contribution in [0.5, 0.6) is 17.2 Å². The molecule has 0 unspecified atom stereocenters. The minimum Gasteiger partial charge on any atom is -0.744 e. The summed E-state index contributed by atoms with van der Waals surface area (Å²) < 4.78 is 70.2. The Labute approximate surface area is 299 Å². The highest BCUT2D eigenvalue weighted by Crippen LogP contribution is 2.37. The number of hydrogen-bond acceptors (Lipinski definition) is 8. The molecule has 1 saturated carbocycles. The van der Waals surface area contributed by atoms with Gasteiger partial charge in [-0.2, -0.15) is 4.79 Å². The van der Waals surface area contributed by atoms with E-state index in [0.29, 0.717) is 24.1 Å². The van der Waals surface area contributed by atoms with Crippen LogP contribution in [0, 0.1) is 20.8 Å². The lowest BCUT2D eigenvalue weighted by Crippen LogP contribution is -2.24. The van der Waals surface area contributed by atoms with Crippen molar-refractivity contribution in [2.24, 2.45) is 0 Å². The second-order valence-corrected chi connectivity index (χ2v) is 16.9. The Bertz CT molecular complexity index is 1890. The Balaban J connectivity index is 0.000000214. The van der Waals surface area contributed by atoms with Crippen molar-refractivity contribution in [1.82, 2.24) is 0 Å². The van der Waals surface area contributed by atoms with Gasteiger partial charge >= 0.3 is 5.55 Å². The van der Waals surface area contributed by atoms with E-state index in [1.807, 2.05) is 0 Å². The Kier molecular flexibility index (Phi) is 15.1. The highest BCUT2D eigenvalue weighted by molar-refractivity contribution is 8.04. The van der Waals surface area contributed by atoms with Crippen LogP contribution in [0.25, 0.3) is 5.53 Å². The van der Waals surface area contributed by atoms with Gasteiger partial charge in [-0.15, -0.1) is 0 Å². The molecule has 5 rings (SSSR count). The zero-order valence-electron chi connectivity index (χ0n) is 29.2. The van der Waals surface area contributed by atoms with Gasteiger partial charge in [0.1, 0.15) is 32.3 Å². The Hall–Kier alpha value is -4.13. The summed E-state index contributed by atoms with van der Waals surface area (Å²) in [6, 6.07) is 28.9. The van der Waals surface area contributed by atoms with Crippen molar-refractivity contribution in [2.75, 3.05) is 21.3 Å². The molecule has 0 radical (unpaired) electrons. The molecule has 10 nitrogen and oxygen atoms in total. The predicted molar refractivity (Wildman–Crippen MR) is 195 cm³/mol. The number of nitrogens with zero attached hydrogens (tertiary/aromatic N) is 2. The van der Waals surface area contributed by atoms with Crippen molar-refractivity contribution in [2.45, 2.75) is 77.7 Å². The van der Waals surface area contributed by atoms with E-state index in [9.17, 15) is 21.4 Å². The van der Waals surface area contributed by atoms with Crippen molar-refractivity contribution >= 4 is 36.4 Å². The standard InChI is InChI=1S/C21H21S.C9H12O6S.C7H12N2O2S/c1-16-14-17(2)21(18(3)15-16)22(19-10-6-4-7-11-19)20-12-8-5-9-13-20;1-13-6-4-7(14-2)9(16(10,11)12)8(5-6)15-3;8-9-6-12(10,11)7-4-2-1-3-5-7/h4-15H,1-3H3;4-5H,1-3H3,(H,10,11,12);6-7H,1-5H2/q+1;;/p-1. The molecule has 0 aliphatic heterocycles. The van der Waals surface area contributed by atoms with Crippen LogP contribution in [0.3, 0.4) is 0 Å². The molecular weight excluding hydrogens is 697 g/mol. The second-order valence-electron chi connectivity index (χ2n) is 11.5. The molecule has 1 aliphatic carbocycles. The largest absolute Gasteiger partial charge is 0.744 e. The highest BCUT2D eigenvalue weighted by Gasteiger charge is 2.32. The van der Waals surface area contributed by atoms with E-state index in [1.165, 1.54) is 64.8 Å². The molecule has 0 spiro atoms. The summed E-state index contributed by atoms with van der Waals surface area (Å²) >= 11 is 0. The van der Waals surface area contributed by atoms with E-state index in [0.717, 1.165) is 19.3 Å². The zero-order chi connectivity index (χ0) is 36.9. The maximum atomic E-state index is 11.3. The first-order valence-electron chi connectivity index (χ1n) is 15.9. The molecule has 0 saturated heterocycles. The summed E-state index contributed by atoms with van der Waals surface area (Å²) in [6.45, 7) is 6.65. The third-order valence-electron chi connectivity index (χ3n) is 7.90. The molecule has 4 aromatic carbocycles. The molecule has 50 heavy (non-hydrogen) atoms. The van der Waals surface area contributed by atoms with Crippen LogP contribution in [-0.4, -0.2) is 58.3 Å². The molecule has 1 fully saturated rings. The molecule has 0 atom stereocenters. The number of hydrogen-bond donors (Lipinski definition) is 0. The molecule has 0 N–H and O–H groups in total. The quantitative estimate of drug-likeness (QED) is 0.0432. The molecule has 0 heterocycles. The minimum atomic E-state index is -4.67. The fourth-order valence-corrected chi connectivity index (χ4v) is 10.2. The maximum Gasteiger partial charge on any atom is 0.370 e. The van der Waals surface area contributed by atoms with E-state index in [4.69, 9.17) is 19.7 Å². The molecular formula is C37H44N2O8S3. The van der Waals surface area contributed by atoms with Crippen LogP contribution in [0.4, 0.5) is 0 Å². The van der Waals surface area contributed by atoms with Gasteiger partial charge in [0.15, 0.2) is 14.7 Å². The highest BCUT2D eigenvalue weighted by atomic mass is 32.2. The normalized spacial score (nSPS) is 13.1. The van der Waals surface area contributed by atoms with Crippen LogP contribution < -0.4 is 14.2 Å². The number of ether oxygens (including phenoxy) is 3. The average Bonchev–Trinajstić information content (AvgIpc) is 3.10. The lowest BCUT2D eigenvalue weighted by molar-refractivity contribution is 0.00744. The summed E-state index contributed by atoms with van der Waals surface area (Å²) in [5.74, 6) is 0.124. The molecule has 1 aliphatic rings. The summed E-state index contributed by atoms with van der Waals surface area (Å²) in [5, 5.41) is -0.317. The van der Waals surface area contributed by atoms with Crippen LogP contribution in [0.15, 0.2) is 105 Å². The van der Waals surface area contributed by atoms with Crippen molar-refractivity contribution in [3.05, 3.63) is 107 Å². The molecule has 0 bridgehead atoms. The Morgan fingerprint density at radius 2 is 1.20 bits per heavy atom. The third kappa shape index (κ3) is 10.9. The number of sulfone groups is 1. The van der Waals surface area contributed by atoms with Gasteiger partial charge in [-0.05, 0) is 57.9 Å². The van der Waals surface area contributed by atoms with Crippen LogP contribution in [0.2, 0.25) is 0 Å². The van der Waals surface area contributed by atoms with Gasteiger partial charge in [-0.25, -0.2) is 16.8 Å². The van der Waals surface area contributed by atoms with Gasteiger partial charge in [0, 0.05) is 23.3 Å². The van der Waals surface area contributed by atoms with Crippen LogP contribution in [0.1, 0.15) is 48.8 Å². The molecule has 268 valence electrons. The number of methoxy groups -OCH3 is 3. The van der Waals surface area contributed by atoms with E-state index in [-0.39, 0.29) is 27.6 Å². The van der Waals surface area contributed by atoms with Crippen LogP contribution >= 0.6 is 0 Å². The van der Waals surface area contributed by atoms with Gasteiger partial charge in [-0.3, -0.25) is 0 Å². The second kappa shape index (κ2) is 18.7. The van der Waals surface area contributed by atoms with Crippen molar-refractivity contribution in [3.8, 4) is 17.2 Å². The van der Waals surface area contributed by atoms with E-state index in [2.05, 4.69) is 98.4 Å². The summed E-state index contributed by atoms with van der Waals surface area (Å²) in [6.07, 6.45) is 4.44. The molecule has 4 aromatic rings. The monoisotopic (exact) mass is 740 g/mol. The number of benzene rings is 4. The Morgan fingerprint density at radius 1 is 0.740 bits per heavy atom. The van der Waals surface area contributed by atoms with Crippen molar-refractivity contribution < 1.29 is 40.4 Å². The van der Waals surface area contributed by atoms with Gasteiger partial charge < -0.3 is 24.3 Å². The smallest absolute Gasteiger partial charge is 0.370 e. The van der Waals surface area contributed by atoms with Crippen molar-refractivity contribution in [3.63, 3.8) is 0 Å². The van der Waals surface area contributed by atoms with Crippen molar-refractivity contribution in [1.29, 1.82) is 0 Å². The van der Waals surface area contributed by atoms with Gasteiger partial charge in [0.25, 0.3) is 0 Å². The average molecular weight is 741 g/mol. The van der Waals surface area contributed by atoms with E-state index in [1.54, 1.807) is 0 Å². The summed E-state index contributed by atoms with van der Waals surface area (Å²) in [5.41, 5.74) is 12.9. The third-order valence-corrected chi connectivity index (χ3v) is 13.1. The molecule has 13 heteroatoms. The Morgan fingerprint density at radius 3 is 1.58 bits per heavy atom. The lowest BCUT2D eigenvalue weighted by Gasteiger charge is -2.17. The molecule has 0 amide bonds. The lowest BCUT2D eigenvalue weighted by atomic mass is 10.0. The SMILES string of the molecule is COc1cc(OC)c(S(=O)(=O)[O-])c(OC)c1.Cc1cc(C)c([S+](c2ccccc2)c2ccccc2)c(C)c1.[N-]=[N+]=CS(=O)(=O)C1CCCCC1. The van der Waals surface area contributed by atoms with Gasteiger partial charge in [-0.1, -0.05) is 73.4 Å². The number of aryl methyl sites for hydroxylation is 3. The summed E-state index contributed by atoms with van der Waals surface area (Å²) in [7, 11) is -4.08. The fraction of sp³-hybridized carbons (Fsp3) is 0.324. The van der Waals surface area contributed by atoms with Crippen LogP contribution in [-0.2, 0) is 30.9 Å². The first-order chi connectivity index (χ1) is 23.8. The zero-order valence-corrected chi connectivity index (χ0v) is 31.6. The topological polar surface area (TPSA) is 155 Å². The van der Waals surface area contributed by atoms with E-state index < -0.39 is 24.9 Å². The van der Waals surface area contributed by atoms with Gasteiger partial charge in [0.2, 0.25) is 9.84 Å². The summed E-state index contributed by atoms with van der Waals surface area (Å²) in [4.78, 5) is 6.26. The number of rotatable bonds is 9. The first-order valence-corrected chi connectivity index (χ1v) is 20.1. The minimum absolute atomic E-state index is 0.0460. The fourth-order valence-electron chi connectivity index (χ4n) is 5.74. The maximum absolute atomic E-state index is 11.3. The van der Waals surface area contributed by atoms with Gasteiger partial charge in [0.05, 0.1) is 37.5 Å². The van der Waals surface area contributed by atoms with E-state index >= 15 is 0 Å². The first kappa shape index (κ1) is 40.3.